The molecule has 25 heavy (non-hydrogen) atoms. The number of rotatable bonds is 4. The highest BCUT2D eigenvalue weighted by Crippen LogP contribution is 2.27. The number of halogens is 3. The molecule has 0 atom stereocenters. The second kappa shape index (κ2) is 7.07. The second-order valence-corrected chi connectivity index (χ2v) is 6.67. The van der Waals surface area contributed by atoms with Crippen molar-refractivity contribution in [1.29, 1.82) is 0 Å². The fourth-order valence-electron chi connectivity index (χ4n) is 2.30. The molecule has 0 saturated carbocycles. The third kappa shape index (κ3) is 3.66. The Morgan fingerprint density at radius 2 is 1.88 bits per heavy atom. The lowest BCUT2D eigenvalue weighted by molar-refractivity contribution is 0.102. The summed E-state index contributed by atoms with van der Waals surface area (Å²) in [5, 5.41) is 12.4. The van der Waals surface area contributed by atoms with Crippen LogP contribution in [0.5, 0.6) is 0 Å². The Bertz CT molecular complexity index is 927. The molecule has 0 fully saturated rings. The van der Waals surface area contributed by atoms with Gasteiger partial charge in [0.1, 0.15) is 5.02 Å². The molecule has 0 saturated heterocycles. The number of aryl methyl sites for hydroxylation is 1. The second-order valence-electron chi connectivity index (χ2n) is 5.44. The Labute approximate surface area is 159 Å². The molecule has 3 rings (SSSR count). The zero-order valence-electron chi connectivity index (χ0n) is 13.4. The van der Waals surface area contributed by atoms with Gasteiger partial charge < -0.3 is 5.32 Å². The van der Waals surface area contributed by atoms with Gasteiger partial charge in [0.15, 0.2) is 5.82 Å². The molecule has 130 valence electrons. The van der Waals surface area contributed by atoms with Crippen molar-refractivity contribution in [2.75, 3.05) is 5.32 Å². The molecule has 1 aromatic carbocycles. The van der Waals surface area contributed by atoms with E-state index < -0.39 is 0 Å². The summed E-state index contributed by atoms with van der Waals surface area (Å²) >= 11 is 18.5. The molecule has 0 aliphatic rings. The van der Waals surface area contributed by atoms with Crippen LogP contribution in [0.1, 0.15) is 21.6 Å². The fraction of sp³-hybridized carbons (Fsp3) is 0.188. The first kappa shape index (κ1) is 17.8. The lowest BCUT2D eigenvalue weighted by atomic mass is 10.2. The molecule has 0 spiro atoms. The maximum absolute atomic E-state index is 12.4. The van der Waals surface area contributed by atoms with Gasteiger partial charge in [-0.25, -0.2) is 0 Å². The van der Waals surface area contributed by atoms with E-state index in [0.717, 1.165) is 11.3 Å². The third-order valence-electron chi connectivity index (χ3n) is 3.81. The van der Waals surface area contributed by atoms with Crippen LogP contribution in [0.2, 0.25) is 15.1 Å². The highest BCUT2D eigenvalue weighted by Gasteiger charge is 2.17. The molecule has 0 aliphatic carbocycles. The van der Waals surface area contributed by atoms with Crippen LogP contribution in [0.15, 0.2) is 30.6 Å². The lowest BCUT2D eigenvalue weighted by Gasteiger charge is -2.07. The van der Waals surface area contributed by atoms with Crippen LogP contribution in [0.4, 0.5) is 5.82 Å². The maximum Gasteiger partial charge on any atom is 0.260 e. The number of hydrogen-bond acceptors (Lipinski definition) is 3. The SMILES string of the molecule is Cc1c(C(=O)Nc2nn(Cc3c(Cl)cccc3Cl)cc2Cl)cnn1C. The summed E-state index contributed by atoms with van der Waals surface area (Å²) < 4.78 is 3.19. The molecule has 6 nitrogen and oxygen atoms in total. The normalized spacial score (nSPS) is 10.9. The first-order valence-corrected chi connectivity index (χ1v) is 8.46. The largest absolute Gasteiger partial charge is 0.304 e. The molecule has 2 aromatic heterocycles. The number of nitrogens with one attached hydrogen (secondary N) is 1. The van der Waals surface area contributed by atoms with Crippen molar-refractivity contribution in [3.05, 3.63) is 62.5 Å². The van der Waals surface area contributed by atoms with Crippen molar-refractivity contribution in [2.24, 2.45) is 7.05 Å². The van der Waals surface area contributed by atoms with Crippen molar-refractivity contribution in [3.8, 4) is 0 Å². The van der Waals surface area contributed by atoms with Crippen LogP contribution in [0, 0.1) is 6.92 Å². The first-order valence-electron chi connectivity index (χ1n) is 7.32. The molecule has 0 radical (unpaired) electrons. The molecule has 3 aromatic rings. The minimum Gasteiger partial charge on any atom is -0.304 e. The van der Waals surface area contributed by atoms with E-state index >= 15 is 0 Å². The Morgan fingerprint density at radius 3 is 2.48 bits per heavy atom. The average Bonchev–Trinajstić information content (AvgIpc) is 3.07. The van der Waals surface area contributed by atoms with Crippen LogP contribution in [0.25, 0.3) is 0 Å². The van der Waals surface area contributed by atoms with E-state index in [4.69, 9.17) is 34.8 Å². The Hall–Kier alpha value is -2.02. The minimum atomic E-state index is -0.325. The zero-order valence-corrected chi connectivity index (χ0v) is 15.7. The van der Waals surface area contributed by atoms with Gasteiger partial charge >= 0.3 is 0 Å². The van der Waals surface area contributed by atoms with Gasteiger partial charge in [-0.2, -0.15) is 10.2 Å². The van der Waals surface area contributed by atoms with Crippen molar-refractivity contribution in [3.63, 3.8) is 0 Å². The average molecular weight is 399 g/mol. The van der Waals surface area contributed by atoms with E-state index in [9.17, 15) is 4.79 Å². The molecule has 9 heteroatoms. The maximum atomic E-state index is 12.4. The lowest BCUT2D eigenvalue weighted by Crippen LogP contribution is -2.14. The van der Waals surface area contributed by atoms with Gasteiger partial charge in [0.25, 0.3) is 5.91 Å². The zero-order chi connectivity index (χ0) is 18.1. The molecule has 0 bridgehead atoms. The Morgan fingerprint density at radius 1 is 1.20 bits per heavy atom. The van der Waals surface area contributed by atoms with Crippen LogP contribution in [0.3, 0.4) is 0 Å². The van der Waals surface area contributed by atoms with Crippen LogP contribution in [-0.4, -0.2) is 25.5 Å². The number of benzene rings is 1. The number of hydrogen-bond donors (Lipinski definition) is 1. The topological polar surface area (TPSA) is 64.7 Å². The summed E-state index contributed by atoms with van der Waals surface area (Å²) in [5.41, 5.74) is 1.93. The van der Waals surface area contributed by atoms with Crippen LogP contribution in [-0.2, 0) is 13.6 Å². The summed E-state index contributed by atoms with van der Waals surface area (Å²) in [6, 6.07) is 5.27. The van der Waals surface area contributed by atoms with Crippen molar-refractivity contribution >= 4 is 46.5 Å². The van der Waals surface area contributed by atoms with E-state index in [1.807, 2.05) is 6.92 Å². The Kier molecular flexibility index (Phi) is 5.03. The molecule has 2 heterocycles. The highest BCUT2D eigenvalue weighted by molar-refractivity contribution is 6.36. The number of carbonyl (C=O) groups is 1. The molecule has 1 amide bonds. The number of anilines is 1. The van der Waals surface area contributed by atoms with Gasteiger partial charge in [-0.05, 0) is 19.1 Å². The molecule has 1 N–H and O–H groups in total. The van der Waals surface area contributed by atoms with Gasteiger partial charge in [0.05, 0.1) is 18.3 Å². The van der Waals surface area contributed by atoms with Crippen molar-refractivity contribution in [2.45, 2.75) is 13.5 Å². The molecular formula is C16H14Cl3N5O. The number of nitrogens with zero attached hydrogens (tertiary/aromatic N) is 4. The fourth-order valence-corrected chi connectivity index (χ4v) is 3.02. The quantitative estimate of drug-likeness (QED) is 0.717. The summed E-state index contributed by atoms with van der Waals surface area (Å²) in [6.07, 6.45) is 3.10. The van der Waals surface area contributed by atoms with E-state index in [2.05, 4.69) is 15.5 Å². The Balaban J connectivity index is 1.81. The third-order valence-corrected chi connectivity index (χ3v) is 4.80. The monoisotopic (exact) mass is 397 g/mol. The van der Waals surface area contributed by atoms with Gasteiger partial charge in [0.2, 0.25) is 0 Å². The molecule has 0 aliphatic heterocycles. The van der Waals surface area contributed by atoms with E-state index in [0.29, 0.717) is 27.2 Å². The van der Waals surface area contributed by atoms with Gasteiger partial charge in [-0.3, -0.25) is 14.2 Å². The first-order chi connectivity index (χ1) is 11.9. The summed E-state index contributed by atoms with van der Waals surface area (Å²) in [7, 11) is 1.77. The minimum absolute atomic E-state index is 0.262. The molecular weight excluding hydrogens is 385 g/mol. The molecule has 0 unspecified atom stereocenters. The van der Waals surface area contributed by atoms with Crippen molar-refractivity contribution in [1.82, 2.24) is 19.6 Å². The van der Waals surface area contributed by atoms with Gasteiger partial charge in [0, 0.05) is 34.5 Å². The van der Waals surface area contributed by atoms with Crippen molar-refractivity contribution < 1.29 is 4.79 Å². The summed E-state index contributed by atoms with van der Waals surface area (Å²) in [4.78, 5) is 12.4. The standard InChI is InChI=1S/C16H14Cl3N5O/c1-9-10(6-20-23(9)2)16(25)21-15-14(19)8-24(22-15)7-11-12(17)4-3-5-13(11)18/h3-6,8H,7H2,1-2H3,(H,21,22,25). The smallest absolute Gasteiger partial charge is 0.260 e. The summed E-state index contributed by atoms with van der Waals surface area (Å²) in [6.45, 7) is 2.14. The highest BCUT2D eigenvalue weighted by atomic mass is 35.5. The number of amides is 1. The van der Waals surface area contributed by atoms with Crippen LogP contribution >= 0.6 is 34.8 Å². The number of aromatic nitrogens is 4. The van der Waals surface area contributed by atoms with Gasteiger partial charge in [-0.1, -0.05) is 40.9 Å². The van der Waals surface area contributed by atoms with E-state index in [-0.39, 0.29) is 11.7 Å². The van der Waals surface area contributed by atoms with E-state index in [1.165, 1.54) is 6.20 Å². The predicted octanol–water partition coefficient (Wildman–Crippen LogP) is 4.19. The van der Waals surface area contributed by atoms with E-state index in [1.54, 1.807) is 40.8 Å². The van der Waals surface area contributed by atoms with Gasteiger partial charge in [-0.15, -0.1) is 0 Å². The summed E-state index contributed by atoms with van der Waals surface area (Å²) in [5.74, 6) is -0.0633. The number of carbonyl (C=O) groups excluding carboxylic acids is 1. The predicted molar refractivity (Wildman–Crippen MR) is 98.7 cm³/mol. The van der Waals surface area contributed by atoms with Crippen LogP contribution < -0.4 is 5.32 Å².